The molecule has 110 valence electrons. The smallest absolute Gasteiger partial charge is 0.155 e. The summed E-state index contributed by atoms with van der Waals surface area (Å²) >= 11 is 0. The summed E-state index contributed by atoms with van der Waals surface area (Å²) in [4.78, 5) is 12.6. The molecular formula is C17H31NO. The predicted octanol–water partition coefficient (Wildman–Crippen LogP) is 4.27. The van der Waals surface area contributed by atoms with E-state index in [1.54, 1.807) is 0 Å². The molecule has 0 fully saturated rings. The third-order valence-corrected chi connectivity index (χ3v) is 3.53. The van der Waals surface area contributed by atoms with Crippen LogP contribution in [0.5, 0.6) is 0 Å². The first-order chi connectivity index (χ1) is 9.04. The molecule has 19 heavy (non-hydrogen) atoms. The van der Waals surface area contributed by atoms with Gasteiger partial charge >= 0.3 is 0 Å². The fraction of sp³-hybridized carbons (Fsp3) is 0.706. The maximum atomic E-state index is 12.6. The lowest BCUT2D eigenvalue weighted by Crippen LogP contribution is -2.53. The van der Waals surface area contributed by atoms with Gasteiger partial charge in [0, 0.05) is 5.92 Å². The van der Waals surface area contributed by atoms with Crippen LogP contribution >= 0.6 is 0 Å². The Morgan fingerprint density at radius 2 is 1.63 bits per heavy atom. The molecule has 0 bridgehead atoms. The van der Waals surface area contributed by atoms with E-state index in [2.05, 4.69) is 25.4 Å². The van der Waals surface area contributed by atoms with Crippen molar-refractivity contribution in [1.82, 2.24) is 5.32 Å². The lowest BCUT2D eigenvalue weighted by molar-refractivity contribution is -0.129. The third kappa shape index (κ3) is 6.20. The Morgan fingerprint density at radius 1 is 1.16 bits per heavy atom. The lowest BCUT2D eigenvalue weighted by Gasteiger charge is -2.35. The minimum absolute atomic E-state index is 0.0755. The van der Waals surface area contributed by atoms with Crippen LogP contribution in [0.25, 0.3) is 0 Å². The molecule has 0 aromatic carbocycles. The number of ketones is 1. The zero-order valence-electron chi connectivity index (χ0n) is 13.0. The first-order valence-electron chi connectivity index (χ1n) is 7.55. The van der Waals surface area contributed by atoms with Crippen LogP contribution in [0.4, 0.5) is 0 Å². The Bertz CT molecular complexity index is 267. The average molecular weight is 265 g/mol. The molecule has 2 nitrogen and oxygen atoms in total. The quantitative estimate of drug-likeness (QED) is 0.422. The number of hydrogen-bond donors (Lipinski definition) is 1. The van der Waals surface area contributed by atoms with Crippen molar-refractivity contribution in [2.24, 2.45) is 5.92 Å². The Hall–Kier alpha value is -0.890. The normalized spacial score (nSPS) is 11.6. The molecule has 0 heterocycles. The van der Waals surface area contributed by atoms with Gasteiger partial charge in [0.2, 0.25) is 0 Å². The van der Waals surface area contributed by atoms with Gasteiger partial charge in [0.1, 0.15) is 0 Å². The molecule has 0 aliphatic carbocycles. The molecular weight excluding hydrogens is 234 g/mol. The fourth-order valence-electron chi connectivity index (χ4n) is 2.62. The molecule has 1 N–H and O–H groups in total. The number of hydrogen-bond acceptors (Lipinski definition) is 2. The Kier molecular flexibility index (Phi) is 9.50. The topological polar surface area (TPSA) is 29.1 Å². The van der Waals surface area contributed by atoms with Gasteiger partial charge in [-0.25, -0.2) is 0 Å². The van der Waals surface area contributed by atoms with Gasteiger partial charge in [0.15, 0.2) is 5.78 Å². The van der Waals surface area contributed by atoms with E-state index in [1.165, 1.54) is 0 Å². The number of nitrogens with one attached hydrogen (secondary N) is 1. The summed E-state index contributed by atoms with van der Waals surface area (Å²) in [5.41, 5.74) is -0.352. The minimum Gasteiger partial charge on any atom is -0.305 e. The molecule has 0 aromatic rings. The second kappa shape index (κ2) is 9.96. The van der Waals surface area contributed by atoms with Crippen LogP contribution in [0.15, 0.2) is 25.3 Å². The highest BCUT2D eigenvalue weighted by molar-refractivity contribution is 5.90. The molecule has 0 aliphatic rings. The van der Waals surface area contributed by atoms with E-state index in [1.807, 2.05) is 26.0 Å². The van der Waals surface area contributed by atoms with Crippen molar-refractivity contribution in [3.8, 4) is 0 Å². The van der Waals surface area contributed by atoms with E-state index < -0.39 is 0 Å². The van der Waals surface area contributed by atoms with E-state index in [0.29, 0.717) is 5.78 Å². The first kappa shape index (κ1) is 18.1. The summed E-state index contributed by atoms with van der Waals surface area (Å²) in [5, 5.41) is 3.48. The van der Waals surface area contributed by atoms with Gasteiger partial charge in [-0.3, -0.25) is 4.79 Å². The van der Waals surface area contributed by atoms with Gasteiger partial charge in [-0.05, 0) is 45.1 Å². The van der Waals surface area contributed by atoms with Crippen LogP contribution in [0.2, 0.25) is 0 Å². The average Bonchev–Trinajstić information content (AvgIpc) is 2.38. The zero-order chi connectivity index (χ0) is 14.7. The van der Waals surface area contributed by atoms with Gasteiger partial charge in [-0.15, -0.1) is 13.2 Å². The van der Waals surface area contributed by atoms with Crippen molar-refractivity contribution in [2.45, 2.75) is 64.8 Å². The number of carbonyl (C=O) groups is 1. The number of likely N-dealkylation sites (N-methyl/N-ethyl adjacent to an activating group) is 1. The van der Waals surface area contributed by atoms with Crippen molar-refractivity contribution >= 4 is 5.78 Å². The summed E-state index contributed by atoms with van der Waals surface area (Å²) in [5.74, 6) is 0.425. The molecule has 0 radical (unpaired) electrons. The largest absolute Gasteiger partial charge is 0.305 e. The summed E-state index contributed by atoms with van der Waals surface area (Å²) in [6, 6.07) is 0. The molecule has 0 saturated heterocycles. The molecule has 0 rings (SSSR count). The highest BCUT2D eigenvalue weighted by atomic mass is 16.1. The van der Waals surface area contributed by atoms with Crippen molar-refractivity contribution in [1.29, 1.82) is 0 Å². The maximum absolute atomic E-state index is 12.6. The molecule has 2 heteroatoms. The number of rotatable bonds is 12. The third-order valence-electron chi connectivity index (χ3n) is 3.53. The summed E-state index contributed by atoms with van der Waals surface area (Å²) in [7, 11) is 0. The van der Waals surface area contributed by atoms with Gasteiger partial charge in [0.05, 0.1) is 5.54 Å². The van der Waals surface area contributed by atoms with Gasteiger partial charge in [0.25, 0.3) is 0 Å². The standard InChI is InChI=1S/C17H31NO/c1-6-9-11-13-17(18-8-3,14-12-10-7-2)16(19)15(4)5/h6-7,15,18H,1-2,8-14H2,3-5H3. The molecule has 0 amide bonds. The van der Waals surface area contributed by atoms with Crippen LogP contribution in [0, 0.1) is 5.92 Å². The molecule has 0 unspecified atom stereocenters. The van der Waals surface area contributed by atoms with Crippen molar-refractivity contribution < 1.29 is 4.79 Å². The van der Waals surface area contributed by atoms with E-state index in [0.717, 1.165) is 45.1 Å². The van der Waals surface area contributed by atoms with Crippen molar-refractivity contribution in [3.63, 3.8) is 0 Å². The van der Waals surface area contributed by atoms with Crippen molar-refractivity contribution in [2.75, 3.05) is 6.54 Å². The van der Waals surface area contributed by atoms with E-state index in [9.17, 15) is 4.79 Å². The number of carbonyl (C=O) groups excluding carboxylic acids is 1. The second-order valence-electron chi connectivity index (χ2n) is 5.49. The number of unbranched alkanes of at least 4 members (excludes halogenated alkanes) is 2. The Balaban J connectivity index is 4.90. The molecule has 0 aliphatic heterocycles. The highest BCUT2D eigenvalue weighted by Gasteiger charge is 2.37. The predicted molar refractivity (Wildman–Crippen MR) is 84.3 cm³/mol. The number of Topliss-reactive ketones (excluding diaryl/α,β-unsaturated/α-hetero) is 1. The molecule has 0 atom stereocenters. The van der Waals surface area contributed by atoms with E-state index >= 15 is 0 Å². The minimum atomic E-state index is -0.352. The first-order valence-corrected chi connectivity index (χ1v) is 7.55. The zero-order valence-corrected chi connectivity index (χ0v) is 13.0. The second-order valence-corrected chi connectivity index (χ2v) is 5.49. The van der Waals surface area contributed by atoms with Gasteiger partial charge in [-0.1, -0.05) is 32.9 Å². The van der Waals surface area contributed by atoms with E-state index in [-0.39, 0.29) is 11.5 Å². The fourth-order valence-corrected chi connectivity index (χ4v) is 2.62. The summed E-state index contributed by atoms with van der Waals surface area (Å²) in [6.07, 6.45) is 9.65. The Labute approximate surface area is 119 Å². The highest BCUT2D eigenvalue weighted by Crippen LogP contribution is 2.26. The van der Waals surface area contributed by atoms with E-state index in [4.69, 9.17) is 0 Å². The van der Waals surface area contributed by atoms with Crippen LogP contribution in [0.3, 0.4) is 0 Å². The SMILES string of the molecule is C=CCCCC(CCCC=C)(NCC)C(=O)C(C)C. The van der Waals surface area contributed by atoms with Gasteiger partial charge < -0.3 is 5.32 Å². The monoisotopic (exact) mass is 265 g/mol. The van der Waals surface area contributed by atoms with Crippen LogP contribution < -0.4 is 5.32 Å². The molecule has 0 saturated carbocycles. The van der Waals surface area contributed by atoms with Crippen LogP contribution in [0.1, 0.15) is 59.3 Å². The Morgan fingerprint density at radius 3 is 1.95 bits per heavy atom. The van der Waals surface area contributed by atoms with Gasteiger partial charge in [-0.2, -0.15) is 0 Å². The summed E-state index contributed by atoms with van der Waals surface area (Å²) < 4.78 is 0. The van der Waals surface area contributed by atoms with Crippen molar-refractivity contribution in [3.05, 3.63) is 25.3 Å². The maximum Gasteiger partial charge on any atom is 0.155 e. The molecule has 0 aromatic heterocycles. The number of allylic oxidation sites excluding steroid dienone is 2. The van der Waals surface area contributed by atoms with Crippen LogP contribution in [-0.4, -0.2) is 17.9 Å². The lowest BCUT2D eigenvalue weighted by atomic mass is 9.79. The summed E-state index contributed by atoms with van der Waals surface area (Å²) in [6.45, 7) is 14.4. The molecule has 0 spiro atoms. The van der Waals surface area contributed by atoms with Crippen LogP contribution in [-0.2, 0) is 4.79 Å².